The molecular formula is C35H52N8O16S. The van der Waals surface area contributed by atoms with Gasteiger partial charge in [0, 0.05) is 37.6 Å². The summed E-state index contributed by atoms with van der Waals surface area (Å²) in [6, 6.07) is -2.29. The van der Waals surface area contributed by atoms with Crippen molar-refractivity contribution in [2.45, 2.75) is 107 Å². The maximum atomic E-state index is 13.3. The number of carboxylic acid groups (broad SMARTS) is 5. The van der Waals surface area contributed by atoms with E-state index >= 15 is 0 Å². The molecule has 334 valence electrons. The molecule has 0 heterocycles. The van der Waals surface area contributed by atoms with Crippen molar-refractivity contribution >= 4 is 72.1 Å². The Bertz CT molecular complexity index is 1670. The third kappa shape index (κ3) is 21.1. The van der Waals surface area contributed by atoms with Gasteiger partial charge in [-0.1, -0.05) is 30.3 Å². The Morgan fingerprint density at radius 2 is 1.20 bits per heavy atom. The van der Waals surface area contributed by atoms with Crippen molar-refractivity contribution in [3.05, 3.63) is 35.9 Å². The number of aliphatic hydroxyl groups excluding tert-OH is 1. The first kappa shape index (κ1) is 52.0. The van der Waals surface area contributed by atoms with Gasteiger partial charge in [0.05, 0.1) is 6.42 Å². The number of benzene rings is 1. The van der Waals surface area contributed by atoms with Crippen LogP contribution in [-0.2, 0) is 49.6 Å². The summed E-state index contributed by atoms with van der Waals surface area (Å²) in [7, 11) is 0. The van der Waals surface area contributed by atoms with Gasteiger partial charge in [-0.3, -0.25) is 34.1 Å². The van der Waals surface area contributed by atoms with Crippen LogP contribution in [0, 0.1) is 0 Å². The molecule has 6 amide bonds. The highest BCUT2D eigenvalue weighted by Crippen LogP contribution is 2.08. The summed E-state index contributed by atoms with van der Waals surface area (Å²) < 4.78 is 0. The molecule has 1 unspecified atom stereocenters. The van der Waals surface area contributed by atoms with Crippen molar-refractivity contribution < 1.29 is 78.6 Å². The van der Waals surface area contributed by atoms with Crippen LogP contribution in [0.1, 0.15) is 57.4 Å². The number of nitrogens with two attached hydrogens (primary N) is 1. The minimum absolute atomic E-state index is 0.000784. The quantitative estimate of drug-likeness (QED) is 0.0275. The smallest absolute Gasteiger partial charge is 0.327 e. The third-order valence-electron chi connectivity index (χ3n) is 8.44. The molecule has 24 nitrogen and oxygen atoms in total. The van der Waals surface area contributed by atoms with Crippen molar-refractivity contribution in [1.82, 2.24) is 37.2 Å². The van der Waals surface area contributed by atoms with Crippen LogP contribution in [-0.4, -0.2) is 151 Å². The highest BCUT2D eigenvalue weighted by atomic mass is 32.1. The van der Waals surface area contributed by atoms with Gasteiger partial charge < -0.3 is 68.3 Å². The van der Waals surface area contributed by atoms with Crippen LogP contribution in [0.5, 0.6) is 0 Å². The van der Waals surface area contributed by atoms with E-state index in [-0.39, 0.29) is 37.9 Å². The van der Waals surface area contributed by atoms with Crippen LogP contribution in [0.4, 0.5) is 4.79 Å². The van der Waals surface area contributed by atoms with E-state index in [9.17, 15) is 68.4 Å². The number of carboxylic acids is 5. The molecule has 0 aliphatic carbocycles. The molecule has 15 N–H and O–H groups in total. The summed E-state index contributed by atoms with van der Waals surface area (Å²) in [5, 5.41) is 72.3. The minimum Gasteiger partial charge on any atom is -0.481 e. The zero-order valence-electron chi connectivity index (χ0n) is 32.4. The summed E-state index contributed by atoms with van der Waals surface area (Å²) >= 11 is 3.82. The van der Waals surface area contributed by atoms with Crippen molar-refractivity contribution in [3.8, 4) is 0 Å². The number of hydrogen-bond donors (Lipinski definition) is 15. The molecule has 0 aliphatic heterocycles. The molecule has 1 aromatic carbocycles. The van der Waals surface area contributed by atoms with Crippen molar-refractivity contribution in [3.63, 3.8) is 0 Å². The molecule has 1 rings (SSSR count). The SMILES string of the molecule is C[C@H](CCC(=O)N[C@@H](Cc1ccccc1)C(=O)NC[C@H](N)C(=O)N[C@@H](CC(=O)O)C(=O)N[C@@H](CS)C(=O)O)NC(O)CC[C@H](NC(=O)N[C@@H](CCC(=O)O)C(=O)O)C(=O)O. The van der Waals surface area contributed by atoms with E-state index in [1.807, 2.05) is 5.32 Å². The second-order valence-electron chi connectivity index (χ2n) is 13.4. The zero-order chi connectivity index (χ0) is 45.5. The van der Waals surface area contributed by atoms with Gasteiger partial charge in [0.1, 0.15) is 42.5 Å². The summed E-state index contributed by atoms with van der Waals surface area (Å²) in [6.45, 7) is 1.08. The molecule has 0 saturated carbocycles. The van der Waals surface area contributed by atoms with Gasteiger partial charge in [-0.05, 0) is 38.2 Å². The van der Waals surface area contributed by atoms with E-state index in [1.54, 1.807) is 37.3 Å². The molecule has 0 aromatic heterocycles. The highest BCUT2D eigenvalue weighted by molar-refractivity contribution is 7.80. The molecule has 1 aromatic rings. The predicted molar refractivity (Wildman–Crippen MR) is 209 cm³/mol. The summed E-state index contributed by atoms with van der Waals surface area (Å²) in [5.41, 5.74) is 6.55. The Morgan fingerprint density at radius 1 is 0.633 bits per heavy atom. The van der Waals surface area contributed by atoms with E-state index in [0.717, 1.165) is 0 Å². The molecule has 25 heteroatoms. The second kappa shape index (κ2) is 26.9. The van der Waals surface area contributed by atoms with Crippen LogP contribution in [0.25, 0.3) is 0 Å². The Hall–Kier alpha value is -6.05. The summed E-state index contributed by atoms with van der Waals surface area (Å²) in [6.07, 6.45) is -3.87. The Kier molecular flexibility index (Phi) is 23.3. The first-order chi connectivity index (χ1) is 28.1. The molecular weight excluding hydrogens is 820 g/mol. The fourth-order valence-corrected chi connectivity index (χ4v) is 5.43. The average molecular weight is 873 g/mol. The lowest BCUT2D eigenvalue weighted by Crippen LogP contribution is -2.57. The minimum atomic E-state index is -1.72. The highest BCUT2D eigenvalue weighted by Gasteiger charge is 2.31. The van der Waals surface area contributed by atoms with Gasteiger partial charge in [-0.15, -0.1) is 0 Å². The molecule has 0 fully saturated rings. The fourth-order valence-electron chi connectivity index (χ4n) is 5.18. The van der Waals surface area contributed by atoms with Crippen LogP contribution in [0.2, 0.25) is 0 Å². The Labute approximate surface area is 348 Å². The van der Waals surface area contributed by atoms with Gasteiger partial charge in [0.2, 0.25) is 23.6 Å². The van der Waals surface area contributed by atoms with E-state index in [4.69, 9.17) is 15.9 Å². The lowest BCUT2D eigenvalue weighted by Gasteiger charge is -2.23. The number of thiol groups is 1. The summed E-state index contributed by atoms with van der Waals surface area (Å²) in [5.74, 6) is -11.1. The second-order valence-corrected chi connectivity index (χ2v) is 13.8. The normalized spacial score (nSPS) is 14.9. The van der Waals surface area contributed by atoms with E-state index < -0.39 is 134 Å². The third-order valence-corrected chi connectivity index (χ3v) is 8.81. The number of aliphatic carboxylic acids is 5. The number of hydrogen-bond acceptors (Lipinski definition) is 14. The number of amides is 6. The zero-order valence-corrected chi connectivity index (χ0v) is 33.3. The lowest BCUT2D eigenvalue weighted by atomic mass is 10.0. The number of nitrogens with one attached hydrogen (secondary N) is 7. The van der Waals surface area contributed by atoms with Gasteiger partial charge in [-0.2, -0.15) is 12.6 Å². The molecule has 0 radical (unpaired) electrons. The number of carbonyl (C=O) groups is 10. The maximum absolute atomic E-state index is 13.3. The largest absolute Gasteiger partial charge is 0.481 e. The first-order valence-electron chi connectivity index (χ1n) is 18.3. The van der Waals surface area contributed by atoms with Crippen LogP contribution >= 0.6 is 12.6 Å². The molecule has 0 aliphatic rings. The standard InChI is InChI=1S/C35H52N8O16S/c1-17(38-25(44)11-8-20(32(53)54)42-35(59)43-21(33(55)56)9-12-27(46)47)7-10-26(45)39-22(13-18-5-3-2-4-6-18)30(51)37-15-19(36)29(50)40-23(14-28(48)49)31(52)41-24(16-60)34(57)58/h2-6,17,19-25,38,44,60H,7-16,36H2,1H3,(H,37,51)(H,39,45)(H,40,50)(H,41,52)(H,46,47)(H,48,49)(H,53,54)(H,55,56)(H,57,58)(H2,42,43,59)/t17-,19+,20+,21+,22+,23+,24+,25?/m1/s1. The van der Waals surface area contributed by atoms with Crippen molar-refractivity contribution in [2.24, 2.45) is 5.73 Å². The van der Waals surface area contributed by atoms with Gasteiger partial charge in [-0.25, -0.2) is 19.2 Å². The monoisotopic (exact) mass is 872 g/mol. The molecule has 0 bridgehead atoms. The fraction of sp³-hybridized carbons (Fsp3) is 0.543. The summed E-state index contributed by atoms with van der Waals surface area (Å²) in [4.78, 5) is 120. The van der Waals surface area contributed by atoms with Gasteiger partial charge in [0.25, 0.3) is 0 Å². The Morgan fingerprint density at radius 3 is 1.73 bits per heavy atom. The molecule has 0 saturated heterocycles. The van der Waals surface area contributed by atoms with Crippen LogP contribution in [0.15, 0.2) is 30.3 Å². The molecule has 0 spiro atoms. The van der Waals surface area contributed by atoms with Crippen LogP contribution < -0.4 is 43.0 Å². The van der Waals surface area contributed by atoms with Crippen LogP contribution in [0.3, 0.4) is 0 Å². The first-order valence-corrected chi connectivity index (χ1v) is 19.0. The average Bonchev–Trinajstić information content (AvgIpc) is 3.17. The van der Waals surface area contributed by atoms with E-state index in [2.05, 4.69) is 44.5 Å². The van der Waals surface area contributed by atoms with E-state index in [1.165, 1.54) is 0 Å². The molecule has 8 atom stereocenters. The number of aliphatic hydroxyl groups is 1. The molecule has 60 heavy (non-hydrogen) atoms. The maximum Gasteiger partial charge on any atom is 0.327 e. The number of urea groups is 1. The topological polar surface area (TPSA) is 402 Å². The van der Waals surface area contributed by atoms with Gasteiger partial charge in [0.15, 0.2) is 0 Å². The predicted octanol–water partition coefficient (Wildman–Crippen LogP) is -3.46. The Balaban J connectivity index is 2.79. The van der Waals surface area contributed by atoms with E-state index in [0.29, 0.717) is 5.56 Å². The van der Waals surface area contributed by atoms with Crippen molar-refractivity contribution in [1.29, 1.82) is 0 Å². The van der Waals surface area contributed by atoms with Crippen molar-refractivity contribution in [2.75, 3.05) is 12.3 Å². The lowest BCUT2D eigenvalue weighted by molar-refractivity contribution is -0.143. The van der Waals surface area contributed by atoms with Gasteiger partial charge >= 0.3 is 35.9 Å². The number of rotatable bonds is 29. The number of carbonyl (C=O) groups excluding carboxylic acids is 5.